The number of ether oxygens (including phenoxy) is 1. The van der Waals surface area contributed by atoms with E-state index in [1.807, 2.05) is 6.92 Å². The number of likely N-dealkylation sites (N-methyl/N-ethyl adjacent to an activating group) is 1. The van der Waals surface area contributed by atoms with Gasteiger partial charge in [0.1, 0.15) is 6.54 Å². The summed E-state index contributed by atoms with van der Waals surface area (Å²) in [5.41, 5.74) is 0. The number of hydrogen-bond acceptors (Lipinski definition) is 3. The van der Waals surface area contributed by atoms with Crippen LogP contribution in [-0.4, -0.2) is 63.7 Å². The minimum atomic E-state index is 0. The van der Waals surface area contributed by atoms with Crippen molar-refractivity contribution in [2.45, 2.75) is 58.3 Å². The lowest BCUT2D eigenvalue weighted by Gasteiger charge is -2.21. The summed E-state index contributed by atoms with van der Waals surface area (Å²) in [4.78, 5) is 17.7. The molecule has 0 aromatic rings. The molecule has 0 aliphatic heterocycles. The molecule has 1 saturated carbocycles. The Hall–Kier alpha value is -0.570. The molecule has 0 heterocycles. The summed E-state index contributed by atoms with van der Waals surface area (Å²) in [6, 6.07) is 0. The molecule has 1 rings (SSSR count). The lowest BCUT2D eigenvalue weighted by Crippen LogP contribution is -2.39. The van der Waals surface area contributed by atoms with Crippen molar-refractivity contribution in [2.75, 3.05) is 46.9 Å². The van der Waals surface area contributed by atoms with Gasteiger partial charge in [0, 0.05) is 40.4 Å². The molecule has 0 aromatic carbocycles. The van der Waals surface area contributed by atoms with E-state index in [9.17, 15) is 4.79 Å². The first-order valence-electron chi connectivity index (χ1n) is 9.93. The Balaban J connectivity index is 0.00000625. The van der Waals surface area contributed by atoms with Gasteiger partial charge in [-0.25, -0.2) is 4.99 Å². The van der Waals surface area contributed by atoms with Crippen molar-refractivity contribution in [2.24, 2.45) is 10.9 Å². The normalized spacial score (nSPS) is 15.3. The fourth-order valence-corrected chi connectivity index (χ4v) is 3.06. The molecule has 154 valence electrons. The van der Waals surface area contributed by atoms with Gasteiger partial charge >= 0.3 is 0 Å². The minimum Gasteiger partial charge on any atom is -0.382 e. The third kappa shape index (κ3) is 12.7. The number of nitrogens with one attached hydrogen (secondary N) is 2. The van der Waals surface area contributed by atoms with Gasteiger partial charge in [-0.05, 0) is 32.1 Å². The smallest absolute Gasteiger partial charge is 0.243 e. The van der Waals surface area contributed by atoms with E-state index < -0.39 is 0 Å². The topological polar surface area (TPSA) is 66.0 Å². The first kappa shape index (κ1) is 25.4. The zero-order chi connectivity index (χ0) is 18.3. The molecule has 6 nitrogen and oxygen atoms in total. The summed E-state index contributed by atoms with van der Waals surface area (Å²) in [5, 5.41) is 6.67. The van der Waals surface area contributed by atoms with Crippen LogP contribution in [0.25, 0.3) is 0 Å². The molecular weight excluding hydrogens is 443 g/mol. The van der Waals surface area contributed by atoms with E-state index in [4.69, 9.17) is 4.74 Å². The fourth-order valence-electron chi connectivity index (χ4n) is 3.06. The van der Waals surface area contributed by atoms with Crippen LogP contribution in [0.15, 0.2) is 4.99 Å². The summed E-state index contributed by atoms with van der Waals surface area (Å²) >= 11 is 0. The summed E-state index contributed by atoms with van der Waals surface area (Å²) < 4.78 is 5.35. The Labute approximate surface area is 176 Å². The number of amides is 1. The highest BCUT2D eigenvalue weighted by molar-refractivity contribution is 14.0. The van der Waals surface area contributed by atoms with Gasteiger partial charge in [0.25, 0.3) is 0 Å². The third-order valence-electron chi connectivity index (χ3n) is 4.64. The number of hydrogen-bond donors (Lipinski definition) is 2. The van der Waals surface area contributed by atoms with E-state index in [1.54, 1.807) is 19.0 Å². The summed E-state index contributed by atoms with van der Waals surface area (Å²) in [6.07, 6.45) is 10.4. The maximum atomic E-state index is 11.7. The Morgan fingerprint density at radius 1 is 1.12 bits per heavy atom. The zero-order valence-electron chi connectivity index (χ0n) is 16.9. The third-order valence-corrected chi connectivity index (χ3v) is 4.64. The second-order valence-electron chi connectivity index (χ2n) is 7.00. The first-order valence-corrected chi connectivity index (χ1v) is 9.93. The number of aliphatic imine (C=N–C) groups is 1. The largest absolute Gasteiger partial charge is 0.382 e. The molecule has 0 aromatic heterocycles. The van der Waals surface area contributed by atoms with Crippen molar-refractivity contribution < 1.29 is 9.53 Å². The number of halogens is 1. The van der Waals surface area contributed by atoms with Crippen LogP contribution >= 0.6 is 24.0 Å². The molecule has 1 amide bonds. The van der Waals surface area contributed by atoms with E-state index in [-0.39, 0.29) is 36.4 Å². The van der Waals surface area contributed by atoms with Gasteiger partial charge in [0.05, 0.1) is 0 Å². The van der Waals surface area contributed by atoms with Gasteiger partial charge in [0.15, 0.2) is 5.96 Å². The Bertz CT molecular complexity index is 386. The van der Waals surface area contributed by atoms with Crippen LogP contribution in [0.1, 0.15) is 58.3 Å². The number of nitrogens with zero attached hydrogens (tertiary/aromatic N) is 2. The Morgan fingerprint density at radius 3 is 2.38 bits per heavy atom. The molecule has 0 spiro atoms. The quantitative estimate of drug-likeness (QED) is 0.206. The highest BCUT2D eigenvalue weighted by Gasteiger charge is 2.12. The van der Waals surface area contributed by atoms with Crippen LogP contribution in [-0.2, 0) is 9.53 Å². The Morgan fingerprint density at radius 2 is 1.77 bits per heavy atom. The second-order valence-corrected chi connectivity index (χ2v) is 7.00. The average Bonchev–Trinajstić information content (AvgIpc) is 2.62. The van der Waals surface area contributed by atoms with Crippen LogP contribution < -0.4 is 10.6 Å². The van der Waals surface area contributed by atoms with Crippen LogP contribution in [0.2, 0.25) is 0 Å². The fraction of sp³-hybridized carbons (Fsp3) is 0.895. The molecule has 1 aliphatic carbocycles. The van der Waals surface area contributed by atoms with Gasteiger partial charge in [-0.15, -0.1) is 24.0 Å². The summed E-state index contributed by atoms with van der Waals surface area (Å²) in [5.74, 6) is 1.65. The van der Waals surface area contributed by atoms with E-state index >= 15 is 0 Å². The van der Waals surface area contributed by atoms with Crippen LogP contribution in [0.4, 0.5) is 0 Å². The van der Waals surface area contributed by atoms with Gasteiger partial charge in [-0.1, -0.05) is 32.1 Å². The van der Waals surface area contributed by atoms with Crippen molar-refractivity contribution >= 4 is 35.8 Å². The molecule has 2 N–H and O–H groups in total. The van der Waals surface area contributed by atoms with Crippen molar-refractivity contribution in [3.8, 4) is 0 Å². The average molecular weight is 482 g/mol. The van der Waals surface area contributed by atoms with E-state index in [1.165, 1.54) is 38.5 Å². The molecule has 0 radical (unpaired) electrons. The minimum absolute atomic E-state index is 0. The zero-order valence-corrected chi connectivity index (χ0v) is 19.2. The van der Waals surface area contributed by atoms with Gasteiger partial charge < -0.3 is 20.3 Å². The molecule has 1 aliphatic rings. The first-order chi connectivity index (χ1) is 12.1. The SMILES string of the molecule is CCOCCCNC(=NCC(=O)N(C)C)NCCCC1CCCCC1.I. The predicted molar refractivity (Wildman–Crippen MR) is 119 cm³/mol. The van der Waals surface area contributed by atoms with Crippen molar-refractivity contribution in [1.82, 2.24) is 15.5 Å². The molecular formula is C19H39IN4O2. The molecule has 0 bridgehead atoms. The lowest BCUT2D eigenvalue weighted by atomic mass is 9.86. The lowest BCUT2D eigenvalue weighted by molar-refractivity contribution is -0.127. The highest BCUT2D eigenvalue weighted by Crippen LogP contribution is 2.26. The number of carbonyl (C=O) groups excluding carboxylic acids is 1. The van der Waals surface area contributed by atoms with Crippen LogP contribution in [0.5, 0.6) is 0 Å². The summed E-state index contributed by atoms with van der Waals surface area (Å²) in [6.45, 7) is 5.37. The maximum Gasteiger partial charge on any atom is 0.243 e. The monoisotopic (exact) mass is 482 g/mol. The second kappa shape index (κ2) is 16.6. The number of carbonyl (C=O) groups is 1. The van der Waals surface area contributed by atoms with E-state index in [0.717, 1.165) is 51.0 Å². The Kier molecular flexibility index (Phi) is 16.2. The van der Waals surface area contributed by atoms with Gasteiger partial charge in [-0.3, -0.25) is 4.79 Å². The van der Waals surface area contributed by atoms with Crippen LogP contribution in [0.3, 0.4) is 0 Å². The van der Waals surface area contributed by atoms with Crippen molar-refractivity contribution in [3.63, 3.8) is 0 Å². The van der Waals surface area contributed by atoms with Gasteiger partial charge in [-0.2, -0.15) is 0 Å². The summed E-state index contributed by atoms with van der Waals surface area (Å²) in [7, 11) is 3.51. The molecule has 26 heavy (non-hydrogen) atoms. The predicted octanol–water partition coefficient (Wildman–Crippen LogP) is 3.01. The molecule has 1 fully saturated rings. The maximum absolute atomic E-state index is 11.7. The highest BCUT2D eigenvalue weighted by atomic mass is 127. The van der Waals surface area contributed by atoms with Crippen molar-refractivity contribution in [1.29, 1.82) is 0 Å². The van der Waals surface area contributed by atoms with E-state index in [0.29, 0.717) is 0 Å². The van der Waals surface area contributed by atoms with Crippen LogP contribution in [0, 0.1) is 5.92 Å². The molecule has 0 unspecified atom stereocenters. The standard InChI is InChI=1S/C19H38N4O2.HI/c1-4-25-15-9-14-21-19(22-16-18(24)23(2)3)20-13-8-12-17-10-6-5-7-11-17;/h17H,4-16H2,1-3H3,(H2,20,21,22);1H. The number of guanidine groups is 1. The molecule has 0 atom stereocenters. The molecule has 0 saturated heterocycles. The van der Waals surface area contributed by atoms with Gasteiger partial charge in [0.2, 0.25) is 5.91 Å². The number of rotatable bonds is 11. The van der Waals surface area contributed by atoms with E-state index in [2.05, 4.69) is 15.6 Å². The molecule has 7 heteroatoms. The van der Waals surface area contributed by atoms with Crippen molar-refractivity contribution in [3.05, 3.63) is 0 Å².